The molecule has 5 rings (SSSR count). The summed E-state index contributed by atoms with van der Waals surface area (Å²) in [5.74, 6) is 0.514. The normalized spacial score (nSPS) is 14.8. The fraction of sp³-hybridized carbons (Fsp3) is 0.304. The Morgan fingerprint density at radius 3 is 2.56 bits per heavy atom. The first-order chi connectivity index (χ1) is 15.6. The average Bonchev–Trinajstić information content (AvgIpc) is 3.39. The van der Waals surface area contributed by atoms with Crippen molar-refractivity contribution in [2.75, 3.05) is 26.2 Å². The molecule has 1 aliphatic heterocycles. The molecule has 0 saturated carbocycles. The molecule has 164 valence electrons. The fourth-order valence-corrected chi connectivity index (χ4v) is 3.88. The maximum atomic E-state index is 12.8. The van der Waals surface area contributed by atoms with Gasteiger partial charge < -0.3 is 13.8 Å². The average molecular weight is 433 g/mol. The summed E-state index contributed by atoms with van der Waals surface area (Å²) in [6, 6.07) is 15.1. The van der Waals surface area contributed by atoms with Gasteiger partial charge in [0.1, 0.15) is 6.54 Å². The number of benzene rings is 2. The molecule has 2 aromatic carbocycles. The van der Waals surface area contributed by atoms with Crippen LogP contribution in [0.2, 0.25) is 0 Å². The van der Waals surface area contributed by atoms with E-state index in [2.05, 4.69) is 15.0 Å². The molecular formula is C23H23N5O4. The Kier molecular flexibility index (Phi) is 5.32. The van der Waals surface area contributed by atoms with E-state index in [0.29, 0.717) is 55.5 Å². The second-order valence-corrected chi connectivity index (χ2v) is 7.96. The second-order valence-electron chi connectivity index (χ2n) is 7.96. The van der Waals surface area contributed by atoms with Crippen molar-refractivity contribution in [3.8, 4) is 11.4 Å². The summed E-state index contributed by atoms with van der Waals surface area (Å²) >= 11 is 0. The first-order valence-corrected chi connectivity index (χ1v) is 10.5. The number of hydrogen-bond acceptors (Lipinski definition) is 7. The highest BCUT2D eigenvalue weighted by atomic mass is 16.5. The van der Waals surface area contributed by atoms with Gasteiger partial charge in [-0.2, -0.15) is 4.98 Å². The molecule has 0 radical (unpaired) electrons. The summed E-state index contributed by atoms with van der Waals surface area (Å²) < 4.78 is 12.0. The highest BCUT2D eigenvalue weighted by Gasteiger charge is 2.24. The third-order valence-corrected chi connectivity index (χ3v) is 5.73. The maximum absolute atomic E-state index is 12.8. The Balaban J connectivity index is 1.17. The van der Waals surface area contributed by atoms with Crippen molar-refractivity contribution in [3.05, 3.63) is 70.5 Å². The van der Waals surface area contributed by atoms with Gasteiger partial charge in [0.15, 0.2) is 5.58 Å². The summed E-state index contributed by atoms with van der Waals surface area (Å²) in [5, 5.41) is 4.08. The van der Waals surface area contributed by atoms with Crippen LogP contribution < -0.4 is 5.76 Å². The number of hydrogen-bond donors (Lipinski definition) is 0. The lowest BCUT2D eigenvalue weighted by atomic mass is 10.1. The smallest absolute Gasteiger partial charge is 0.408 e. The van der Waals surface area contributed by atoms with E-state index in [4.69, 9.17) is 8.94 Å². The Morgan fingerprint density at radius 2 is 1.78 bits per heavy atom. The van der Waals surface area contributed by atoms with Gasteiger partial charge in [-0.3, -0.25) is 14.3 Å². The van der Waals surface area contributed by atoms with Crippen molar-refractivity contribution in [1.29, 1.82) is 0 Å². The van der Waals surface area contributed by atoms with Crippen LogP contribution in [0.15, 0.2) is 62.3 Å². The van der Waals surface area contributed by atoms with Crippen LogP contribution in [0.3, 0.4) is 0 Å². The Morgan fingerprint density at radius 1 is 1.03 bits per heavy atom. The number of carbonyl (C=O) groups is 1. The number of carbonyl (C=O) groups excluding carboxylic acids is 1. The first-order valence-electron chi connectivity index (χ1n) is 10.5. The molecule has 9 heteroatoms. The molecule has 9 nitrogen and oxygen atoms in total. The van der Waals surface area contributed by atoms with Crippen LogP contribution in [-0.4, -0.2) is 56.6 Å². The molecule has 32 heavy (non-hydrogen) atoms. The number of oxazole rings is 1. The van der Waals surface area contributed by atoms with Gasteiger partial charge in [-0.05, 0) is 19.1 Å². The van der Waals surface area contributed by atoms with Crippen LogP contribution in [0.4, 0.5) is 0 Å². The molecule has 0 unspecified atom stereocenters. The van der Waals surface area contributed by atoms with Crippen molar-refractivity contribution < 1.29 is 13.7 Å². The van der Waals surface area contributed by atoms with Gasteiger partial charge in [-0.15, -0.1) is 0 Å². The molecule has 0 atom stereocenters. The molecule has 4 aromatic rings. The fourth-order valence-electron chi connectivity index (χ4n) is 3.88. The lowest BCUT2D eigenvalue weighted by Gasteiger charge is -2.33. The molecular weight excluding hydrogens is 410 g/mol. The minimum atomic E-state index is -0.515. The SMILES string of the molecule is Cc1ccc(-c2noc(CN3CCN(C(=O)Cn4c(=O)oc5ccccc54)CC3)n2)cc1. The largest absolute Gasteiger partial charge is 0.420 e. The Hall–Kier alpha value is -3.72. The Bertz CT molecular complexity index is 1300. The van der Waals surface area contributed by atoms with E-state index in [1.54, 1.807) is 23.1 Å². The maximum Gasteiger partial charge on any atom is 0.420 e. The zero-order valence-electron chi connectivity index (χ0n) is 17.7. The van der Waals surface area contributed by atoms with Gasteiger partial charge in [0.05, 0.1) is 12.1 Å². The van der Waals surface area contributed by atoms with Crippen LogP contribution in [0.5, 0.6) is 0 Å². The van der Waals surface area contributed by atoms with E-state index in [9.17, 15) is 9.59 Å². The van der Waals surface area contributed by atoms with E-state index >= 15 is 0 Å². The van der Waals surface area contributed by atoms with Crippen LogP contribution in [0.1, 0.15) is 11.5 Å². The van der Waals surface area contributed by atoms with E-state index < -0.39 is 5.76 Å². The lowest BCUT2D eigenvalue weighted by molar-refractivity contribution is -0.133. The van der Waals surface area contributed by atoms with E-state index in [-0.39, 0.29) is 12.5 Å². The van der Waals surface area contributed by atoms with Gasteiger partial charge in [-0.1, -0.05) is 47.1 Å². The zero-order chi connectivity index (χ0) is 22.1. The van der Waals surface area contributed by atoms with E-state index in [1.807, 2.05) is 37.3 Å². The highest BCUT2D eigenvalue weighted by molar-refractivity contribution is 5.79. The van der Waals surface area contributed by atoms with E-state index in [1.165, 1.54) is 10.1 Å². The molecule has 0 spiro atoms. The standard InChI is InChI=1S/C23H23N5O4/c1-16-6-8-17(9-7-16)22-24-20(32-25-22)14-26-10-12-27(13-11-26)21(29)15-28-18-4-2-3-5-19(18)31-23(28)30/h2-9H,10-15H2,1H3. The molecule has 0 aliphatic carbocycles. The van der Waals surface area contributed by atoms with Gasteiger partial charge in [0.25, 0.3) is 0 Å². The number of para-hydroxylation sites is 2. The number of nitrogens with zero attached hydrogens (tertiary/aromatic N) is 5. The molecule has 1 fully saturated rings. The molecule has 0 bridgehead atoms. The van der Waals surface area contributed by atoms with Gasteiger partial charge in [0.2, 0.25) is 17.6 Å². The number of aromatic nitrogens is 3. The second kappa shape index (κ2) is 8.43. The number of fused-ring (bicyclic) bond motifs is 1. The predicted octanol–water partition coefficient (Wildman–Crippen LogP) is 2.30. The molecule has 1 saturated heterocycles. The molecule has 1 amide bonds. The predicted molar refractivity (Wildman–Crippen MR) is 117 cm³/mol. The minimum Gasteiger partial charge on any atom is -0.408 e. The third-order valence-electron chi connectivity index (χ3n) is 5.73. The summed E-state index contributed by atoms with van der Waals surface area (Å²) in [6.07, 6.45) is 0. The summed E-state index contributed by atoms with van der Waals surface area (Å²) in [5.41, 5.74) is 3.21. The van der Waals surface area contributed by atoms with Crippen molar-refractivity contribution in [2.24, 2.45) is 0 Å². The number of rotatable bonds is 5. The third kappa shape index (κ3) is 4.06. The van der Waals surface area contributed by atoms with E-state index in [0.717, 1.165) is 5.56 Å². The van der Waals surface area contributed by atoms with Crippen molar-refractivity contribution in [1.82, 2.24) is 24.5 Å². The zero-order valence-corrected chi connectivity index (χ0v) is 17.7. The summed E-state index contributed by atoms with van der Waals surface area (Å²) in [6.45, 7) is 5.06. The van der Waals surface area contributed by atoms with Crippen molar-refractivity contribution in [2.45, 2.75) is 20.0 Å². The summed E-state index contributed by atoms with van der Waals surface area (Å²) in [7, 11) is 0. The van der Waals surface area contributed by atoms with Crippen LogP contribution in [0.25, 0.3) is 22.5 Å². The molecule has 1 aliphatic rings. The first kappa shape index (κ1) is 20.2. The monoisotopic (exact) mass is 433 g/mol. The Labute approximate surface area is 183 Å². The van der Waals surface area contributed by atoms with Crippen LogP contribution in [-0.2, 0) is 17.9 Å². The van der Waals surface area contributed by atoms with Gasteiger partial charge >= 0.3 is 5.76 Å². The highest BCUT2D eigenvalue weighted by Crippen LogP contribution is 2.18. The van der Waals surface area contributed by atoms with Gasteiger partial charge in [-0.25, -0.2) is 4.79 Å². The topological polar surface area (TPSA) is 97.6 Å². The van der Waals surface area contributed by atoms with Crippen LogP contribution in [0, 0.1) is 6.92 Å². The molecule has 2 aromatic heterocycles. The van der Waals surface area contributed by atoms with Crippen LogP contribution >= 0.6 is 0 Å². The number of amides is 1. The molecule has 0 N–H and O–H groups in total. The van der Waals surface area contributed by atoms with Crippen molar-refractivity contribution >= 4 is 17.0 Å². The minimum absolute atomic E-state index is 0.0284. The number of aryl methyl sites for hydroxylation is 1. The van der Waals surface area contributed by atoms with Crippen molar-refractivity contribution in [3.63, 3.8) is 0 Å². The van der Waals surface area contributed by atoms with Gasteiger partial charge in [0, 0.05) is 31.7 Å². The lowest BCUT2D eigenvalue weighted by Crippen LogP contribution is -2.49. The number of piperazine rings is 1. The molecule has 3 heterocycles. The quantitative estimate of drug-likeness (QED) is 0.476. The summed E-state index contributed by atoms with van der Waals surface area (Å²) in [4.78, 5) is 33.4.